The highest BCUT2D eigenvalue weighted by atomic mass is 32.1. The minimum atomic E-state index is 0.956. The van der Waals surface area contributed by atoms with Crippen LogP contribution in [0.1, 0.15) is 0 Å². The molecule has 0 spiro atoms. The second-order valence-electron chi connectivity index (χ2n) is 9.77. The second-order valence-corrected chi connectivity index (χ2v) is 10.8. The fourth-order valence-corrected chi connectivity index (χ4v) is 6.42. The summed E-state index contributed by atoms with van der Waals surface area (Å²) >= 11 is 1.73. The van der Waals surface area contributed by atoms with Crippen molar-refractivity contribution in [2.24, 2.45) is 0 Å². The van der Waals surface area contributed by atoms with Crippen molar-refractivity contribution < 1.29 is 0 Å². The van der Waals surface area contributed by atoms with Crippen LogP contribution in [0.3, 0.4) is 0 Å². The van der Waals surface area contributed by atoms with Crippen molar-refractivity contribution in [3.63, 3.8) is 0 Å². The lowest BCUT2D eigenvalue weighted by Crippen LogP contribution is -1.95. The van der Waals surface area contributed by atoms with Crippen LogP contribution >= 0.6 is 11.3 Å². The summed E-state index contributed by atoms with van der Waals surface area (Å²) in [5.74, 6) is 0. The average molecular weight is 531 g/mol. The molecule has 0 radical (unpaired) electrons. The second kappa shape index (κ2) is 9.26. The molecule has 8 aromatic rings. The highest BCUT2D eigenvalue weighted by molar-refractivity contribution is 7.21. The number of benzene rings is 4. The Balaban J connectivity index is 1.39. The first-order chi connectivity index (χ1) is 19.8. The van der Waals surface area contributed by atoms with Gasteiger partial charge in [0.2, 0.25) is 0 Å². The molecule has 4 heterocycles. The number of fused-ring (bicyclic) bond motifs is 4. The smallest absolute Gasteiger partial charge is 0.124 e. The standard InChI is InChI=1S/C35H22N4S/c1-2-13-34-31(12-1)38-35(40-34)25-14-16-27-28-21-24(30-11-4-6-19-37-30)15-17-32(28)39(33(27)22-25)26-9-7-8-23(20-26)29-10-3-5-18-36-29/h1-22H. The summed E-state index contributed by atoms with van der Waals surface area (Å²) in [5.41, 5.74) is 9.64. The van der Waals surface area contributed by atoms with E-state index >= 15 is 0 Å². The number of rotatable bonds is 4. The molecule has 5 heteroatoms. The van der Waals surface area contributed by atoms with Crippen LogP contribution in [0, 0.1) is 0 Å². The summed E-state index contributed by atoms with van der Waals surface area (Å²) in [5, 5.41) is 3.41. The third-order valence-corrected chi connectivity index (χ3v) is 8.42. The summed E-state index contributed by atoms with van der Waals surface area (Å²) in [6.07, 6.45) is 3.68. The molecule has 4 nitrogen and oxygen atoms in total. The SMILES string of the molecule is c1ccc(-c2cccc(-n3c4ccc(-c5ccccn5)cc4c4ccc(-c5nc6ccccc6s5)cc43)c2)nc1. The highest BCUT2D eigenvalue weighted by Crippen LogP contribution is 2.38. The zero-order chi connectivity index (χ0) is 26.5. The topological polar surface area (TPSA) is 43.6 Å². The lowest BCUT2D eigenvalue weighted by molar-refractivity contribution is 1.18. The molecule has 0 fully saturated rings. The molecule has 0 aliphatic rings. The van der Waals surface area contributed by atoms with Gasteiger partial charge in [0.1, 0.15) is 5.01 Å². The number of nitrogens with zero attached hydrogens (tertiary/aromatic N) is 4. The molecule has 0 amide bonds. The van der Waals surface area contributed by atoms with Gasteiger partial charge in [0.05, 0.1) is 32.6 Å². The van der Waals surface area contributed by atoms with Gasteiger partial charge in [-0.25, -0.2) is 4.98 Å². The number of hydrogen-bond acceptors (Lipinski definition) is 4. The van der Waals surface area contributed by atoms with Gasteiger partial charge in [0, 0.05) is 45.5 Å². The Hall–Kier alpha value is -5.13. The number of thiazole rings is 1. The largest absolute Gasteiger partial charge is 0.309 e. The third-order valence-electron chi connectivity index (χ3n) is 7.33. The van der Waals surface area contributed by atoms with E-state index in [4.69, 9.17) is 4.98 Å². The molecule has 0 unspecified atom stereocenters. The van der Waals surface area contributed by atoms with Gasteiger partial charge in [-0.05, 0) is 66.7 Å². The lowest BCUT2D eigenvalue weighted by Gasteiger charge is -2.11. The van der Waals surface area contributed by atoms with Crippen LogP contribution in [-0.4, -0.2) is 19.5 Å². The van der Waals surface area contributed by atoms with Crippen molar-refractivity contribution in [2.75, 3.05) is 0 Å². The Bertz CT molecular complexity index is 2130. The van der Waals surface area contributed by atoms with E-state index in [0.29, 0.717) is 0 Å². The van der Waals surface area contributed by atoms with Crippen LogP contribution in [-0.2, 0) is 0 Å². The molecule has 0 saturated carbocycles. The van der Waals surface area contributed by atoms with Gasteiger partial charge in [-0.15, -0.1) is 11.3 Å². The van der Waals surface area contributed by atoms with Gasteiger partial charge >= 0.3 is 0 Å². The fourth-order valence-electron chi connectivity index (χ4n) is 5.46. The monoisotopic (exact) mass is 530 g/mol. The van der Waals surface area contributed by atoms with Gasteiger partial charge < -0.3 is 4.57 Å². The van der Waals surface area contributed by atoms with Gasteiger partial charge in [0.15, 0.2) is 0 Å². The first-order valence-electron chi connectivity index (χ1n) is 13.2. The Kier molecular flexibility index (Phi) is 5.28. The van der Waals surface area contributed by atoms with Crippen LogP contribution in [0.2, 0.25) is 0 Å². The maximum absolute atomic E-state index is 4.95. The number of para-hydroxylation sites is 1. The van der Waals surface area contributed by atoms with Crippen molar-refractivity contribution >= 4 is 43.4 Å². The minimum absolute atomic E-state index is 0.956. The predicted octanol–water partition coefficient (Wildman–Crippen LogP) is 9.18. The summed E-state index contributed by atoms with van der Waals surface area (Å²) in [4.78, 5) is 14.1. The Morgan fingerprint density at radius 1 is 0.525 bits per heavy atom. The Morgan fingerprint density at radius 3 is 2.05 bits per heavy atom. The van der Waals surface area contributed by atoms with Crippen molar-refractivity contribution in [1.29, 1.82) is 0 Å². The molecule has 0 atom stereocenters. The van der Waals surface area contributed by atoms with Crippen molar-refractivity contribution in [3.05, 3.63) is 134 Å². The molecule has 4 aromatic heterocycles. The minimum Gasteiger partial charge on any atom is -0.309 e. The number of hydrogen-bond donors (Lipinski definition) is 0. The molecule has 188 valence electrons. The van der Waals surface area contributed by atoms with Gasteiger partial charge in [-0.3, -0.25) is 9.97 Å². The zero-order valence-corrected chi connectivity index (χ0v) is 22.2. The van der Waals surface area contributed by atoms with Crippen LogP contribution in [0.5, 0.6) is 0 Å². The van der Waals surface area contributed by atoms with Crippen molar-refractivity contribution in [2.45, 2.75) is 0 Å². The molecular weight excluding hydrogens is 508 g/mol. The first kappa shape index (κ1) is 22.8. The molecule has 0 N–H and O–H groups in total. The molecule has 4 aromatic carbocycles. The molecular formula is C35H22N4S. The van der Waals surface area contributed by atoms with Gasteiger partial charge in [-0.1, -0.05) is 54.6 Å². The van der Waals surface area contributed by atoms with E-state index in [9.17, 15) is 0 Å². The summed E-state index contributed by atoms with van der Waals surface area (Å²) in [6.45, 7) is 0. The molecule has 0 saturated heterocycles. The van der Waals surface area contributed by atoms with Crippen LogP contribution in [0.25, 0.3) is 70.8 Å². The molecule has 40 heavy (non-hydrogen) atoms. The molecule has 0 aliphatic heterocycles. The summed E-state index contributed by atoms with van der Waals surface area (Å²) in [6, 6.07) is 42.3. The molecule has 0 bridgehead atoms. The zero-order valence-electron chi connectivity index (χ0n) is 21.4. The van der Waals surface area contributed by atoms with Crippen LogP contribution in [0.4, 0.5) is 0 Å². The lowest BCUT2D eigenvalue weighted by atomic mass is 10.1. The fraction of sp³-hybridized carbons (Fsp3) is 0. The van der Waals surface area contributed by atoms with E-state index in [1.54, 1.807) is 11.3 Å². The maximum Gasteiger partial charge on any atom is 0.124 e. The van der Waals surface area contributed by atoms with E-state index < -0.39 is 0 Å². The van der Waals surface area contributed by atoms with E-state index in [0.717, 1.165) is 55.3 Å². The van der Waals surface area contributed by atoms with Gasteiger partial charge in [-0.2, -0.15) is 0 Å². The number of aromatic nitrogens is 4. The van der Waals surface area contributed by atoms with E-state index in [2.05, 4.69) is 106 Å². The predicted molar refractivity (Wildman–Crippen MR) is 166 cm³/mol. The van der Waals surface area contributed by atoms with Crippen LogP contribution in [0.15, 0.2) is 134 Å². The average Bonchev–Trinajstić information content (AvgIpc) is 3.61. The third kappa shape index (κ3) is 3.79. The first-order valence-corrected chi connectivity index (χ1v) is 14.0. The van der Waals surface area contributed by atoms with E-state index in [1.165, 1.54) is 15.5 Å². The number of pyridine rings is 2. The summed E-state index contributed by atoms with van der Waals surface area (Å²) < 4.78 is 3.55. The Labute approximate surface area is 234 Å². The van der Waals surface area contributed by atoms with Crippen molar-refractivity contribution in [1.82, 2.24) is 19.5 Å². The van der Waals surface area contributed by atoms with Crippen LogP contribution < -0.4 is 0 Å². The highest BCUT2D eigenvalue weighted by Gasteiger charge is 2.16. The van der Waals surface area contributed by atoms with Crippen molar-refractivity contribution in [3.8, 4) is 38.8 Å². The van der Waals surface area contributed by atoms with Gasteiger partial charge in [0.25, 0.3) is 0 Å². The summed E-state index contributed by atoms with van der Waals surface area (Å²) in [7, 11) is 0. The maximum atomic E-state index is 4.95. The van der Waals surface area contributed by atoms with E-state index in [-0.39, 0.29) is 0 Å². The Morgan fingerprint density at radius 2 is 1.27 bits per heavy atom. The quantitative estimate of drug-likeness (QED) is 0.228. The molecule has 0 aliphatic carbocycles. The molecule has 8 rings (SSSR count). The normalized spacial score (nSPS) is 11.5. The van der Waals surface area contributed by atoms with E-state index in [1.807, 2.05) is 42.7 Å².